The molecule has 1 aromatic heterocycles. The van der Waals surface area contributed by atoms with E-state index in [2.05, 4.69) is 13.8 Å². The Morgan fingerprint density at radius 1 is 1.04 bits per heavy atom. The van der Waals surface area contributed by atoms with Crippen LogP contribution in [-0.4, -0.2) is 35.0 Å². The van der Waals surface area contributed by atoms with Crippen molar-refractivity contribution in [3.63, 3.8) is 0 Å². The van der Waals surface area contributed by atoms with Crippen LogP contribution in [0.5, 0.6) is 0 Å². The van der Waals surface area contributed by atoms with E-state index in [1.54, 1.807) is 16.8 Å². The molecule has 5 heteroatoms. The lowest BCUT2D eigenvalue weighted by atomic mass is 10.1. The zero-order valence-corrected chi connectivity index (χ0v) is 15.1. The maximum atomic E-state index is 12.7. The van der Waals surface area contributed by atoms with Crippen LogP contribution in [-0.2, 0) is 11.3 Å². The van der Waals surface area contributed by atoms with E-state index < -0.39 is 5.97 Å². The van der Waals surface area contributed by atoms with Gasteiger partial charge in [0.05, 0.1) is 0 Å². The number of aromatic nitrogens is 1. The second kappa shape index (κ2) is 9.16. The molecule has 2 aromatic rings. The lowest BCUT2D eigenvalue weighted by Crippen LogP contribution is -2.45. The molecule has 134 valence electrons. The highest BCUT2D eigenvalue weighted by Crippen LogP contribution is 2.16. The first-order chi connectivity index (χ1) is 12.1. The minimum Gasteiger partial charge on any atom is -0.477 e. The molecule has 5 nitrogen and oxygen atoms in total. The van der Waals surface area contributed by atoms with Crippen LogP contribution in [0.3, 0.4) is 0 Å². The number of fused-ring (bicyclic) bond motifs is 1. The average Bonchev–Trinajstić information content (AvgIpc) is 2.61. The highest BCUT2D eigenvalue weighted by Gasteiger charge is 2.21. The maximum Gasteiger partial charge on any atom is 0.342 e. The molecule has 0 fully saturated rings. The fourth-order valence-corrected chi connectivity index (χ4v) is 2.88. The third-order valence-corrected chi connectivity index (χ3v) is 4.31. The van der Waals surface area contributed by atoms with Gasteiger partial charge in [-0.05, 0) is 18.9 Å². The maximum absolute atomic E-state index is 12.7. The van der Waals surface area contributed by atoms with Crippen molar-refractivity contribution in [1.82, 2.24) is 4.90 Å². The number of carboxylic acid groups (broad SMARTS) is 1. The van der Waals surface area contributed by atoms with E-state index in [-0.39, 0.29) is 18.0 Å². The van der Waals surface area contributed by atoms with Gasteiger partial charge in [0, 0.05) is 23.9 Å². The molecule has 1 amide bonds. The highest BCUT2D eigenvalue weighted by molar-refractivity contribution is 6.02. The molecule has 0 unspecified atom stereocenters. The first-order valence-electron chi connectivity index (χ1n) is 8.99. The summed E-state index contributed by atoms with van der Waals surface area (Å²) >= 11 is 0. The van der Waals surface area contributed by atoms with Gasteiger partial charge in [-0.1, -0.05) is 44.9 Å². The van der Waals surface area contributed by atoms with Crippen molar-refractivity contribution in [3.05, 3.63) is 42.2 Å². The number of unbranched alkanes of at least 4 members (excludes halogenated alkanes) is 2. The molecule has 0 aliphatic heterocycles. The highest BCUT2D eigenvalue weighted by atomic mass is 16.4. The fraction of sp³-hybridized carbons (Fsp3) is 0.450. The zero-order valence-electron chi connectivity index (χ0n) is 15.1. The molecule has 1 aromatic carbocycles. The van der Waals surface area contributed by atoms with Gasteiger partial charge >= 0.3 is 5.97 Å². The SMILES string of the molecule is CCCCN(CCCC)C(=O)C[n+]1cc(C(=O)O)c2ccccc2c1. The second-order valence-electron chi connectivity index (χ2n) is 6.32. The Bertz CT molecular complexity index is 735. The van der Waals surface area contributed by atoms with E-state index in [0.717, 1.165) is 44.2 Å². The third kappa shape index (κ3) is 5.02. The van der Waals surface area contributed by atoms with Gasteiger partial charge in [0.25, 0.3) is 5.91 Å². The number of hydrogen-bond acceptors (Lipinski definition) is 2. The smallest absolute Gasteiger partial charge is 0.342 e. The summed E-state index contributed by atoms with van der Waals surface area (Å²) in [5.74, 6) is -0.939. The number of carbonyl (C=O) groups excluding carboxylic acids is 1. The Labute approximate surface area is 148 Å². The van der Waals surface area contributed by atoms with Gasteiger partial charge in [0.2, 0.25) is 6.54 Å². The van der Waals surface area contributed by atoms with Crippen molar-refractivity contribution in [3.8, 4) is 0 Å². The quantitative estimate of drug-likeness (QED) is 0.711. The molecule has 0 aliphatic rings. The Balaban J connectivity index is 2.25. The molecule has 0 saturated heterocycles. The third-order valence-electron chi connectivity index (χ3n) is 4.31. The van der Waals surface area contributed by atoms with Crippen molar-refractivity contribution < 1.29 is 19.3 Å². The van der Waals surface area contributed by atoms with Crippen molar-refractivity contribution in [1.29, 1.82) is 0 Å². The van der Waals surface area contributed by atoms with Crippen LogP contribution in [0.2, 0.25) is 0 Å². The lowest BCUT2D eigenvalue weighted by molar-refractivity contribution is -0.683. The summed E-state index contributed by atoms with van der Waals surface area (Å²) in [5.41, 5.74) is 0.222. The van der Waals surface area contributed by atoms with E-state index >= 15 is 0 Å². The van der Waals surface area contributed by atoms with Gasteiger partial charge in [-0.2, -0.15) is 4.57 Å². The Morgan fingerprint density at radius 3 is 2.28 bits per heavy atom. The summed E-state index contributed by atoms with van der Waals surface area (Å²) in [6.45, 7) is 5.91. The Morgan fingerprint density at radius 2 is 1.68 bits per heavy atom. The summed E-state index contributed by atoms with van der Waals surface area (Å²) < 4.78 is 1.69. The molecule has 0 aliphatic carbocycles. The van der Waals surface area contributed by atoms with Gasteiger partial charge in [-0.3, -0.25) is 4.79 Å². The average molecular weight is 343 g/mol. The summed E-state index contributed by atoms with van der Waals surface area (Å²) in [6, 6.07) is 7.35. The lowest BCUT2D eigenvalue weighted by Gasteiger charge is -2.21. The van der Waals surface area contributed by atoms with E-state index in [4.69, 9.17) is 0 Å². The fourth-order valence-electron chi connectivity index (χ4n) is 2.88. The number of hydrogen-bond donors (Lipinski definition) is 1. The van der Waals surface area contributed by atoms with E-state index in [0.29, 0.717) is 5.39 Å². The summed E-state index contributed by atoms with van der Waals surface area (Å²) in [7, 11) is 0. The van der Waals surface area contributed by atoms with Crippen molar-refractivity contribution in [2.24, 2.45) is 0 Å². The van der Waals surface area contributed by atoms with E-state index in [1.165, 1.54) is 0 Å². The molecular weight excluding hydrogens is 316 g/mol. The first-order valence-corrected chi connectivity index (χ1v) is 8.99. The Kier molecular flexibility index (Phi) is 6.92. The summed E-state index contributed by atoms with van der Waals surface area (Å²) in [6.07, 6.45) is 7.46. The summed E-state index contributed by atoms with van der Waals surface area (Å²) in [5, 5.41) is 11.0. The van der Waals surface area contributed by atoms with Crippen LogP contribution in [0.4, 0.5) is 0 Å². The van der Waals surface area contributed by atoms with Crippen LogP contribution >= 0.6 is 0 Å². The van der Waals surface area contributed by atoms with Crippen LogP contribution in [0.1, 0.15) is 49.9 Å². The minimum atomic E-state index is -0.980. The Hall–Kier alpha value is -2.43. The number of pyridine rings is 1. The molecule has 0 spiro atoms. The molecule has 0 saturated carbocycles. The minimum absolute atomic E-state index is 0.0403. The molecule has 0 radical (unpaired) electrons. The van der Waals surface area contributed by atoms with Crippen LogP contribution in [0.25, 0.3) is 10.8 Å². The van der Waals surface area contributed by atoms with Crippen LogP contribution in [0, 0.1) is 0 Å². The molecular formula is C20H27N2O3+. The number of nitrogens with zero attached hydrogens (tertiary/aromatic N) is 2. The number of carbonyl (C=O) groups is 2. The standard InChI is InChI=1S/C20H26N2O3/c1-3-5-11-22(12-6-4-2)19(23)15-21-13-16-9-7-8-10-17(16)18(14-21)20(24)25/h7-10,13-14H,3-6,11-12,15H2,1-2H3/p+1. The van der Waals surface area contributed by atoms with Crippen molar-refractivity contribution in [2.75, 3.05) is 13.1 Å². The van der Waals surface area contributed by atoms with Gasteiger partial charge in [0.1, 0.15) is 5.56 Å². The number of aromatic carboxylic acids is 1. The number of benzene rings is 1. The topological polar surface area (TPSA) is 61.5 Å². The van der Waals surface area contributed by atoms with Gasteiger partial charge in [-0.15, -0.1) is 0 Å². The van der Waals surface area contributed by atoms with Gasteiger partial charge in [0.15, 0.2) is 12.4 Å². The largest absolute Gasteiger partial charge is 0.477 e. The predicted molar refractivity (Wildman–Crippen MR) is 97.5 cm³/mol. The molecule has 2 rings (SSSR count). The number of carboxylic acids is 1. The predicted octanol–water partition coefficient (Wildman–Crippen LogP) is 3.25. The zero-order chi connectivity index (χ0) is 18.2. The normalized spacial score (nSPS) is 10.8. The molecule has 1 heterocycles. The van der Waals surface area contributed by atoms with Crippen molar-refractivity contribution in [2.45, 2.75) is 46.1 Å². The van der Waals surface area contributed by atoms with Gasteiger partial charge < -0.3 is 10.0 Å². The number of rotatable bonds is 9. The molecule has 0 atom stereocenters. The van der Waals surface area contributed by atoms with E-state index in [9.17, 15) is 14.7 Å². The van der Waals surface area contributed by atoms with E-state index in [1.807, 2.05) is 29.3 Å². The van der Waals surface area contributed by atoms with Crippen molar-refractivity contribution >= 4 is 22.6 Å². The first kappa shape index (κ1) is 18.9. The second-order valence-corrected chi connectivity index (χ2v) is 6.32. The monoisotopic (exact) mass is 343 g/mol. The number of amides is 1. The van der Waals surface area contributed by atoms with Crippen LogP contribution in [0.15, 0.2) is 36.7 Å². The summed E-state index contributed by atoms with van der Waals surface area (Å²) in [4.78, 5) is 26.2. The molecule has 25 heavy (non-hydrogen) atoms. The van der Waals surface area contributed by atoms with Crippen LogP contribution < -0.4 is 4.57 Å². The molecule has 0 bridgehead atoms. The van der Waals surface area contributed by atoms with Gasteiger partial charge in [-0.25, -0.2) is 4.79 Å². The molecule has 1 N–H and O–H groups in total.